The van der Waals surface area contributed by atoms with Gasteiger partial charge < -0.3 is 10.1 Å². The van der Waals surface area contributed by atoms with Gasteiger partial charge in [0.25, 0.3) is 5.91 Å². The number of ether oxygens (including phenoxy) is 1. The molecule has 1 N–H and O–H groups in total. The second kappa shape index (κ2) is 9.32. The van der Waals surface area contributed by atoms with Crippen LogP contribution in [0, 0.1) is 0 Å². The first kappa shape index (κ1) is 20.4. The topological polar surface area (TPSA) is 81.4 Å². The van der Waals surface area contributed by atoms with E-state index in [4.69, 9.17) is 4.74 Å². The summed E-state index contributed by atoms with van der Waals surface area (Å²) >= 11 is 0. The molecule has 0 aliphatic heterocycles. The van der Waals surface area contributed by atoms with Crippen LogP contribution in [0.1, 0.15) is 10.4 Å². The predicted molar refractivity (Wildman–Crippen MR) is 126 cm³/mol. The van der Waals surface area contributed by atoms with Crippen molar-refractivity contribution in [1.82, 2.24) is 25.1 Å². The van der Waals surface area contributed by atoms with Crippen molar-refractivity contribution in [3.63, 3.8) is 0 Å². The average molecular weight is 435 g/mol. The van der Waals surface area contributed by atoms with E-state index in [9.17, 15) is 4.79 Å². The molecule has 7 nitrogen and oxygen atoms in total. The van der Waals surface area contributed by atoms with E-state index in [0.29, 0.717) is 29.5 Å². The van der Waals surface area contributed by atoms with Crippen LogP contribution < -0.4 is 10.1 Å². The molecule has 0 radical (unpaired) electrons. The Bertz CT molecular complexity index is 1370. The Kier molecular flexibility index (Phi) is 5.75. The number of carbonyl (C=O) groups excluding carboxylic acids is 1. The summed E-state index contributed by atoms with van der Waals surface area (Å²) in [5.41, 5.74) is 4.34. The molecule has 0 spiro atoms. The maximum absolute atomic E-state index is 12.4. The molecule has 1 amide bonds. The lowest BCUT2D eigenvalue weighted by molar-refractivity contribution is 0.0946. The summed E-state index contributed by atoms with van der Waals surface area (Å²) in [4.78, 5) is 12.4. The Morgan fingerprint density at radius 1 is 0.758 bits per heavy atom. The second-order valence-corrected chi connectivity index (χ2v) is 7.38. The third-order valence-electron chi connectivity index (χ3n) is 5.16. The zero-order valence-electron chi connectivity index (χ0n) is 17.8. The van der Waals surface area contributed by atoms with Gasteiger partial charge in [0.2, 0.25) is 5.88 Å². The lowest BCUT2D eigenvalue weighted by Gasteiger charge is -2.08. The molecule has 162 valence electrons. The first-order chi connectivity index (χ1) is 16.3. The SMILES string of the molecule is O=C(NCCOc1ccc2nnc(-c3ccccc3)n2n1)c1ccc(-c2ccccc2)cc1. The molecular weight excluding hydrogens is 414 g/mol. The smallest absolute Gasteiger partial charge is 0.251 e. The lowest BCUT2D eigenvalue weighted by Crippen LogP contribution is -2.28. The molecular formula is C26H21N5O2. The number of nitrogens with one attached hydrogen (secondary N) is 1. The van der Waals surface area contributed by atoms with Crippen LogP contribution in [-0.4, -0.2) is 38.9 Å². The number of fused-ring (bicyclic) bond motifs is 1. The zero-order chi connectivity index (χ0) is 22.5. The number of aromatic nitrogens is 4. The Balaban J connectivity index is 1.18. The van der Waals surface area contributed by atoms with Gasteiger partial charge in [-0.05, 0) is 29.3 Å². The first-order valence-corrected chi connectivity index (χ1v) is 10.6. The van der Waals surface area contributed by atoms with Gasteiger partial charge >= 0.3 is 0 Å². The minimum atomic E-state index is -0.146. The summed E-state index contributed by atoms with van der Waals surface area (Å²) in [6.07, 6.45) is 0. The molecule has 0 fully saturated rings. The van der Waals surface area contributed by atoms with E-state index >= 15 is 0 Å². The summed E-state index contributed by atoms with van der Waals surface area (Å²) in [6, 6.07) is 30.9. The maximum atomic E-state index is 12.4. The molecule has 7 heteroatoms. The number of hydrogen-bond acceptors (Lipinski definition) is 5. The van der Waals surface area contributed by atoms with Crippen LogP contribution >= 0.6 is 0 Å². The Hall–Kier alpha value is -4.52. The number of rotatable bonds is 7. The first-order valence-electron chi connectivity index (χ1n) is 10.6. The Morgan fingerprint density at radius 3 is 2.15 bits per heavy atom. The molecule has 5 aromatic rings. The van der Waals surface area contributed by atoms with Gasteiger partial charge in [-0.3, -0.25) is 4.79 Å². The summed E-state index contributed by atoms with van der Waals surface area (Å²) < 4.78 is 7.39. The fraction of sp³-hybridized carbons (Fsp3) is 0.0769. The van der Waals surface area contributed by atoms with E-state index in [1.807, 2.05) is 84.9 Å². The third-order valence-corrected chi connectivity index (χ3v) is 5.16. The van der Waals surface area contributed by atoms with Crippen LogP contribution in [0.3, 0.4) is 0 Å². The number of nitrogens with zero attached hydrogens (tertiary/aromatic N) is 4. The standard InChI is InChI=1S/C26H21N5O2/c32-26(22-13-11-20(12-14-22)19-7-3-1-4-8-19)27-17-18-33-24-16-15-23-28-29-25(31(23)30-24)21-9-5-2-6-10-21/h1-16H,17-18H2,(H,27,32). The summed E-state index contributed by atoms with van der Waals surface area (Å²) in [5.74, 6) is 0.927. The summed E-state index contributed by atoms with van der Waals surface area (Å²) in [7, 11) is 0. The van der Waals surface area contributed by atoms with Crippen molar-refractivity contribution < 1.29 is 9.53 Å². The molecule has 0 saturated carbocycles. The van der Waals surface area contributed by atoms with Crippen molar-refractivity contribution in [2.45, 2.75) is 0 Å². The van der Waals surface area contributed by atoms with E-state index in [0.717, 1.165) is 16.7 Å². The Morgan fingerprint density at radius 2 is 1.42 bits per heavy atom. The van der Waals surface area contributed by atoms with Gasteiger partial charge in [-0.1, -0.05) is 72.8 Å². The third kappa shape index (κ3) is 4.57. The van der Waals surface area contributed by atoms with E-state index in [2.05, 4.69) is 20.6 Å². The van der Waals surface area contributed by atoms with Crippen LogP contribution in [0.4, 0.5) is 0 Å². The molecule has 2 heterocycles. The number of benzene rings is 3. The minimum Gasteiger partial charge on any atom is -0.475 e. The molecule has 0 bridgehead atoms. The Labute approximate surface area is 190 Å². The van der Waals surface area contributed by atoms with E-state index < -0.39 is 0 Å². The minimum absolute atomic E-state index is 0.146. The van der Waals surface area contributed by atoms with Crippen molar-refractivity contribution >= 4 is 11.6 Å². The number of amides is 1. The van der Waals surface area contributed by atoms with Crippen molar-refractivity contribution in [2.75, 3.05) is 13.2 Å². The zero-order valence-corrected chi connectivity index (χ0v) is 17.8. The summed E-state index contributed by atoms with van der Waals surface area (Å²) in [6.45, 7) is 0.641. The maximum Gasteiger partial charge on any atom is 0.251 e. The fourth-order valence-corrected chi connectivity index (χ4v) is 3.48. The van der Waals surface area contributed by atoms with Crippen LogP contribution in [0.25, 0.3) is 28.2 Å². The second-order valence-electron chi connectivity index (χ2n) is 7.38. The van der Waals surface area contributed by atoms with Gasteiger partial charge in [0.05, 0.1) is 6.54 Å². The molecule has 5 rings (SSSR count). The van der Waals surface area contributed by atoms with Crippen LogP contribution in [0.15, 0.2) is 97.1 Å². The highest BCUT2D eigenvalue weighted by Gasteiger charge is 2.10. The fourth-order valence-electron chi connectivity index (χ4n) is 3.48. The van der Waals surface area contributed by atoms with Crippen molar-refractivity contribution in [2.24, 2.45) is 0 Å². The average Bonchev–Trinajstić information content (AvgIpc) is 3.31. The highest BCUT2D eigenvalue weighted by Crippen LogP contribution is 2.20. The lowest BCUT2D eigenvalue weighted by atomic mass is 10.0. The van der Waals surface area contributed by atoms with Gasteiger partial charge in [-0.15, -0.1) is 15.3 Å². The molecule has 0 unspecified atom stereocenters. The monoisotopic (exact) mass is 435 g/mol. The molecule has 0 aliphatic rings. The number of carbonyl (C=O) groups is 1. The van der Waals surface area contributed by atoms with Crippen LogP contribution in [0.2, 0.25) is 0 Å². The van der Waals surface area contributed by atoms with E-state index in [1.165, 1.54) is 0 Å². The molecule has 2 aromatic heterocycles. The molecule has 3 aromatic carbocycles. The van der Waals surface area contributed by atoms with Gasteiger partial charge in [0.15, 0.2) is 11.5 Å². The highest BCUT2D eigenvalue weighted by atomic mass is 16.5. The summed E-state index contributed by atoms with van der Waals surface area (Å²) in [5, 5.41) is 15.7. The van der Waals surface area contributed by atoms with E-state index in [1.54, 1.807) is 16.6 Å². The van der Waals surface area contributed by atoms with Crippen LogP contribution in [-0.2, 0) is 0 Å². The van der Waals surface area contributed by atoms with Crippen molar-refractivity contribution in [1.29, 1.82) is 0 Å². The van der Waals surface area contributed by atoms with E-state index in [-0.39, 0.29) is 12.5 Å². The van der Waals surface area contributed by atoms with Crippen molar-refractivity contribution in [3.8, 4) is 28.4 Å². The number of hydrogen-bond donors (Lipinski definition) is 1. The quantitative estimate of drug-likeness (QED) is 0.386. The van der Waals surface area contributed by atoms with Gasteiger partial charge in [0, 0.05) is 17.2 Å². The van der Waals surface area contributed by atoms with Crippen LogP contribution in [0.5, 0.6) is 5.88 Å². The van der Waals surface area contributed by atoms with Gasteiger partial charge in [0.1, 0.15) is 6.61 Å². The molecule has 0 aliphatic carbocycles. The predicted octanol–water partition coefficient (Wildman–Crippen LogP) is 4.27. The normalized spacial score (nSPS) is 10.8. The van der Waals surface area contributed by atoms with Crippen molar-refractivity contribution in [3.05, 3.63) is 103 Å². The molecule has 0 saturated heterocycles. The highest BCUT2D eigenvalue weighted by molar-refractivity contribution is 5.94. The van der Waals surface area contributed by atoms with Gasteiger partial charge in [-0.25, -0.2) is 0 Å². The largest absolute Gasteiger partial charge is 0.475 e. The molecule has 33 heavy (non-hydrogen) atoms. The molecule has 0 atom stereocenters. The van der Waals surface area contributed by atoms with Gasteiger partial charge in [-0.2, -0.15) is 4.52 Å².